The Morgan fingerprint density at radius 1 is 1.06 bits per heavy atom. The van der Waals surface area contributed by atoms with E-state index in [4.69, 9.17) is 18.9 Å². The van der Waals surface area contributed by atoms with E-state index in [1.54, 1.807) is 25.1 Å². The van der Waals surface area contributed by atoms with E-state index in [-0.39, 0.29) is 19.4 Å². The molecule has 0 atom stereocenters. The Balaban J connectivity index is 2.03. The molecule has 0 fully saturated rings. The molecule has 7 nitrogen and oxygen atoms in total. The number of methoxy groups -OCH3 is 2. The summed E-state index contributed by atoms with van der Waals surface area (Å²) in [4.78, 5) is 24.3. The third-order valence-electron chi connectivity index (χ3n) is 5.17. The van der Waals surface area contributed by atoms with Crippen molar-refractivity contribution in [1.29, 1.82) is 0 Å². The van der Waals surface area contributed by atoms with Crippen LogP contribution in [0.2, 0.25) is 0 Å². The fourth-order valence-corrected chi connectivity index (χ4v) is 3.51. The first-order valence-electron chi connectivity index (χ1n) is 11.3. The van der Waals surface area contributed by atoms with Crippen molar-refractivity contribution in [2.75, 3.05) is 27.6 Å². The number of hydrogen-bond acceptors (Lipinski definition) is 6. The lowest BCUT2D eigenvalue weighted by atomic mass is 10.0. The van der Waals surface area contributed by atoms with E-state index >= 15 is 0 Å². The van der Waals surface area contributed by atoms with Crippen molar-refractivity contribution in [3.8, 4) is 23.3 Å². The van der Waals surface area contributed by atoms with Crippen molar-refractivity contribution < 1.29 is 28.5 Å². The van der Waals surface area contributed by atoms with Gasteiger partial charge in [0.1, 0.15) is 11.3 Å². The zero-order valence-electron chi connectivity index (χ0n) is 20.4. The maximum absolute atomic E-state index is 12.4. The van der Waals surface area contributed by atoms with Gasteiger partial charge in [0.25, 0.3) is 0 Å². The van der Waals surface area contributed by atoms with Crippen LogP contribution in [0.4, 0.5) is 0 Å². The first kappa shape index (κ1) is 25.6. The van der Waals surface area contributed by atoms with Crippen LogP contribution in [0.3, 0.4) is 0 Å². The van der Waals surface area contributed by atoms with Crippen molar-refractivity contribution in [3.63, 3.8) is 0 Å². The predicted molar refractivity (Wildman–Crippen MR) is 133 cm³/mol. The lowest BCUT2D eigenvalue weighted by Gasteiger charge is -2.12. The second-order valence-corrected chi connectivity index (χ2v) is 7.48. The summed E-state index contributed by atoms with van der Waals surface area (Å²) in [5.41, 5.74) is 4.32. The standard InChI is InChI=1S/C28H29NO6/c1-5-7-9-22-17-29(18-25(22)20-10-8-11-21(13-12-20)27(30)33-4)23-14-15-24(28(31)34-6-2)26(16-23)35-19-32-3/h10-18H,5-6,8,19H2,1-4H3. The summed E-state index contributed by atoms with van der Waals surface area (Å²) in [6, 6.07) is 5.26. The van der Waals surface area contributed by atoms with Crippen LogP contribution < -0.4 is 4.74 Å². The second kappa shape index (κ2) is 12.4. The van der Waals surface area contributed by atoms with E-state index < -0.39 is 5.97 Å². The number of allylic oxidation sites excluding steroid dienone is 4. The number of nitrogens with zero attached hydrogens (tertiary/aromatic N) is 1. The normalized spacial score (nSPS) is 12.6. The minimum Gasteiger partial charge on any atom is -0.467 e. The van der Waals surface area contributed by atoms with Gasteiger partial charge in [0.2, 0.25) is 0 Å². The van der Waals surface area contributed by atoms with Crippen LogP contribution in [-0.2, 0) is 19.0 Å². The molecule has 0 saturated heterocycles. The Labute approximate surface area is 205 Å². The number of hydrogen-bond donors (Lipinski definition) is 0. The first-order chi connectivity index (χ1) is 17.0. The summed E-state index contributed by atoms with van der Waals surface area (Å²) in [6.07, 6.45) is 12.7. The molecule has 0 aliphatic heterocycles. The highest BCUT2D eigenvalue weighted by Gasteiger charge is 2.17. The Morgan fingerprint density at radius 3 is 2.60 bits per heavy atom. The van der Waals surface area contributed by atoms with Gasteiger partial charge in [-0.2, -0.15) is 0 Å². The van der Waals surface area contributed by atoms with Gasteiger partial charge >= 0.3 is 11.9 Å². The zero-order valence-corrected chi connectivity index (χ0v) is 20.4. The molecule has 1 aliphatic carbocycles. The lowest BCUT2D eigenvalue weighted by Crippen LogP contribution is -2.10. The number of benzene rings is 1. The van der Waals surface area contributed by atoms with Crippen LogP contribution >= 0.6 is 0 Å². The number of aromatic nitrogens is 1. The molecule has 1 aliphatic rings. The molecule has 0 unspecified atom stereocenters. The summed E-state index contributed by atoms with van der Waals surface area (Å²) in [6.45, 7) is 4.00. The van der Waals surface area contributed by atoms with E-state index in [0.717, 1.165) is 28.8 Å². The molecule has 7 heteroatoms. The van der Waals surface area contributed by atoms with Gasteiger partial charge in [0.15, 0.2) is 6.79 Å². The van der Waals surface area contributed by atoms with Gasteiger partial charge in [-0.3, -0.25) is 0 Å². The second-order valence-electron chi connectivity index (χ2n) is 7.48. The van der Waals surface area contributed by atoms with Gasteiger partial charge in [-0.25, -0.2) is 9.59 Å². The molecule has 1 heterocycles. The van der Waals surface area contributed by atoms with Crippen LogP contribution in [0.25, 0.3) is 11.3 Å². The van der Waals surface area contributed by atoms with Gasteiger partial charge in [0, 0.05) is 43.2 Å². The predicted octanol–water partition coefficient (Wildman–Crippen LogP) is 4.84. The van der Waals surface area contributed by atoms with Gasteiger partial charge in [0.05, 0.1) is 24.9 Å². The summed E-state index contributed by atoms with van der Waals surface area (Å²) >= 11 is 0. The van der Waals surface area contributed by atoms with E-state index in [1.807, 2.05) is 48.2 Å². The Hall–Kier alpha value is -4.02. The maximum Gasteiger partial charge on any atom is 0.341 e. The number of carbonyl (C=O) groups excluding carboxylic acids is 2. The van der Waals surface area contributed by atoms with Crippen molar-refractivity contribution in [3.05, 3.63) is 77.2 Å². The van der Waals surface area contributed by atoms with E-state index in [2.05, 4.69) is 11.8 Å². The zero-order chi connectivity index (χ0) is 25.2. The number of carbonyl (C=O) groups is 2. The first-order valence-corrected chi connectivity index (χ1v) is 11.3. The summed E-state index contributed by atoms with van der Waals surface area (Å²) in [5.74, 6) is 5.89. The van der Waals surface area contributed by atoms with Crippen LogP contribution in [0.15, 0.2) is 60.5 Å². The molecular formula is C28H29NO6. The van der Waals surface area contributed by atoms with Gasteiger partial charge in [-0.1, -0.05) is 37.0 Å². The highest BCUT2D eigenvalue weighted by atomic mass is 16.7. The fraction of sp³-hybridized carbons (Fsp3) is 0.286. The number of ether oxygens (including phenoxy) is 4. The highest BCUT2D eigenvalue weighted by Crippen LogP contribution is 2.29. The van der Waals surface area contributed by atoms with Crippen molar-refractivity contribution in [1.82, 2.24) is 4.57 Å². The Bertz CT molecular complexity index is 1240. The average Bonchev–Trinajstić information content (AvgIpc) is 3.14. The SMILES string of the molecule is CCC#Cc1cn(-c2ccc(C(=O)OCC)c(OCOC)c2)cc1C1=CCC=C(C(=O)OC)C=C1. The highest BCUT2D eigenvalue weighted by molar-refractivity contribution is 5.94. The minimum atomic E-state index is -0.462. The molecule has 35 heavy (non-hydrogen) atoms. The van der Waals surface area contributed by atoms with Gasteiger partial charge in [-0.15, -0.1) is 0 Å². The molecule has 2 aromatic rings. The van der Waals surface area contributed by atoms with Crippen molar-refractivity contribution >= 4 is 17.5 Å². The van der Waals surface area contributed by atoms with Crippen molar-refractivity contribution in [2.45, 2.75) is 26.7 Å². The Kier molecular flexibility index (Phi) is 9.10. The quantitative estimate of drug-likeness (QED) is 0.309. The van der Waals surface area contributed by atoms with E-state index in [0.29, 0.717) is 23.3 Å². The van der Waals surface area contributed by atoms with Crippen LogP contribution in [-0.4, -0.2) is 44.1 Å². The van der Waals surface area contributed by atoms with Gasteiger partial charge in [-0.05, 0) is 37.1 Å². The molecule has 0 bridgehead atoms. The van der Waals surface area contributed by atoms with Gasteiger partial charge < -0.3 is 23.5 Å². The summed E-state index contributed by atoms with van der Waals surface area (Å²) in [7, 11) is 2.88. The molecule has 3 rings (SSSR count). The van der Waals surface area contributed by atoms with Crippen LogP contribution in [0, 0.1) is 11.8 Å². The molecule has 0 N–H and O–H groups in total. The van der Waals surface area contributed by atoms with Crippen LogP contribution in [0.1, 0.15) is 48.2 Å². The van der Waals surface area contributed by atoms with E-state index in [1.165, 1.54) is 14.2 Å². The van der Waals surface area contributed by atoms with E-state index in [9.17, 15) is 9.59 Å². The molecule has 0 radical (unpaired) electrons. The molecular weight excluding hydrogens is 446 g/mol. The smallest absolute Gasteiger partial charge is 0.341 e. The average molecular weight is 476 g/mol. The molecule has 182 valence electrons. The third-order valence-corrected chi connectivity index (χ3v) is 5.17. The summed E-state index contributed by atoms with van der Waals surface area (Å²) in [5, 5.41) is 0. The minimum absolute atomic E-state index is 0.00673. The fourth-order valence-electron chi connectivity index (χ4n) is 3.51. The monoisotopic (exact) mass is 475 g/mol. The molecule has 0 spiro atoms. The molecule has 0 saturated carbocycles. The topological polar surface area (TPSA) is 76.0 Å². The summed E-state index contributed by atoms with van der Waals surface area (Å²) < 4.78 is 22.6. The van der Waals surface area contributed by atoms with Crippen LogP contribution in [0.5, 0.6) is 5.75 Å². The third kappa shape index (κ3) is 6.31. The number of rotatable bonds is 8. The number of esters is 2. The molecule has 1 aromatic carbocycles. The molecule has 1 aromatic heterocycles. The molecule has 0 amide bonds. The largest absolute Gasteiger partial charge is 0.467 e. The Morgan fingerprint density at radius 2 is 1.89 bits per heavy atom. The van der Waals surface area contributed by atoms with Crippen molar-refractivity contribution in [2.24, 2.45) is 0 Å². The maximum atomic E-state index is 12.4. The lowest BCUT2D eigenvalue weighted by molar-refractivity contribution is -0.135.